The Kier molecular flexibility index (Phi) is 3.37. The Morgan fingerprint density at radius 1 is 1.42 bits per heavy atom. The molecule has 0 unspecified atom stereocenters. The van der Waals surface area contributed by atoms with Gasteiger partial charge in [-0.2, -0.15) is 10.2 Å². The van der Waals surface area contributed by atoms with Crippen LogP contribution in [0.2, 0.25) is 0 Å². The van der Waals surface area contributed by atoms with E-state index in [0.29, 0.717) is 5.82 Å². The summed E-state index contributed by atoms with van der Waals surface area (Å²) in [6.45, 7) is 8.13. The number of aromatic nitrogens is 5. The highest BCUT2D eigenvalue weighted by Gasteiger charge is 2.19. The first-order valence-corrected chi connectivity index (χ1v) is 6.05. The summed E-state index contributed by atoms with van der Waals surface area (Å²) in [5.74, 6) is 0.533. The van der Waals surface area contributed by atoms with Crippen LogP contribution in [0.4, 0.5) is 5.82 Å². The van der Waals surface area contributed by atoms with Crippen molar-refractivity contribution in [1.29, 1.82) is 0 Å². The van der Waals surface area contributed by atoms with Gasteiger partial charge in [0.1, 0.15) is 25.0 Å². The summed E-state index contributed by atoms with van der Waals surface area (Å²) in [6.07, 6.45) is 2.91. The zero-order chi connectivity index (χ0) is 14.0. The third-order valence-electron chi connectivity index (χ3n) is 2.51. The summed E-state index contributed by atoms with van der Waals surface area (Å²) in [5, 5.41) is 11.1. The van der Waals surface area contributed by atoms with Crippen molar-refractivity contribution in [3.8, 4) is 0 Å². The van der Waals surface area contributed by atoms with Crippen LogP contribution < -0.4 is 5.32 Å². The zero-order valence-electron chi connectivity index (χ0n) is 11.6. The molecule has 102 valence electrons. The highest BCUT2D eigenvalue weighted by molar-refractivity contribution is 5.89. The normalized spacial score (nSPS) is 11.6. The maximum atomic E-state index is 11.9. The van der Waals surface area contributed by atoms with Gasteiger partial charge in [0, 0.05) is 6.07 Å². The average molecular weight is 262 g/mol. The minimum absolute atomic E-state index is 0.133. The fourth-order valence-electron chi connectivity index (χ4n) is 1.74. The number of carbonyl (C=O) groups excluding carboxylic acids is 1. The van der Waals surface area contributed by atoms with E-state index in [0.717, 1.165) is 5.69 Å². The van der Waals surface area contributed by atoms with Gasteiger partial charge < -0.3 is 5.32 Å². The van der Waals surface area contributed by atoms with Gasteiger partial charge in [0.15, 0.2) is 0 Å². The van der Waals surface area contributed by atoms with Crippen molar-refractivity contribution in [1.82, 2.24) is 24.5 Å². The van der Waals surface area contributed by atoms with Crippen LogP contribution in [0.5, 0.6) is 0 Å². The molecule has 0 saturated heterocycles. The number of rotatable bonds is 3. The van der Waals surface area contributed by atoms with E-state index in [9.17, 15) is 4.79 Å². The maximum Gasteiger partial charge on any atom is 0.247 e. The molecule has 0 radical (unpaired) electrons. The van der Waals surface area contributed by atoms with Gasteiger partial charge in [-0.05, 0) is 27.7 Å². The maximum absolute atomic E-state index is 11.9. The van der Waals surface area contributed by atoms with Crippen molar-refractivity contribution in [3.05, 3.63) is 24.4 Å². The van der Waals surface area contributed by atoms with Crippen molar-refractivity contribution < 1.29 is 4.79 Å². The molecule has 2 aromatic rings. The predicted octanol–water partition coefficient (Wildman–Crippen LogP) is 1.18. The molecule has 0 spiro atoms. The topological polar surface area (TPSA) is 77.6 Å². The van der Waals surface area contributed by atoms with Crippen LogP contribution in [0.25, 0.3) is 0 Å². The first-order valence-electron chi connectivity index (χ1n) is 6.05. The Morgan fingerprint density at radius 3 is 2.74 bits per heavy atom. The van der Waals surface area contributed by atoms with Crippen LogP contribution in [-0.2, 0) is 16.9 Å². The zero-order valence-corrected chi connectivity index (χ0v) is 11.6. The molecule has 0 aliphatic heterocycles. The van der Waals surface area contributed by atoms with Crippen LogP contribution >= 0.6 is 0 Å². The van der Waals surface area contributed by atoms with Crippen molar-refractivity contribution >= 4 is 11.7 Å². The second kappa shape index (κ2) is 4.83. The number of hydrogen-bond donors (Lipinski definition) is 1. The van der Waals surface area contributed by atoms with Gasteiger partial charge in [-0.25, -0.2) is 14.3 Å². The van der Waals surface area contributed by atoms with E-state index in [1.807, 2.05) is 38.4 Å². The molecule has 7 nitrogen and oxygen atoms in total. The van der Waals surface area contributed by atoms with E-state index in [1.165, 1.54) is 17.3 Å². The van der Waals surface area contributed by atoms with Crippen molar-refractivity contribution in [2.24, 2.45) is 0 Å². The van der Waals surface area contributed by atoms with Gasteiger partial charge in [0.25, 0.3) is 0 Å². The standard InChI is InChI=1S/C12H18N6O/c1-9-5-10(18(16-9)12(2,3)4)15-11(19)6-17-8-13-7-14-17/h5,7-8H,6H2,1-4H3,(H,15,19). The molecule has 0 saturated carbocycles. The van der Waals surface area contributed by atoms with Crippen LogP contribution in [0, 0.1) is 6.92 Å². The molecule has 0 atom stereocenters. The number of nitrogens with one attached hydrogen (secondary N) is 1. The van der Waals surface area contributed by atoms with Crippen molar-refractivity contribution in [2.75, 3.05) is 5.32 Å². The van der Waals surface area contributed by atoms with E-state index < -0.39 is 0 Å². The molecule has 7 heteroatoms. The lowest BCUT2D eigenvalue weighted by molar-refractivity contribution is -0.117. The molecular weight excluding hydrogens is 244 g/mol. The van der Waals surface area contributed by atoms with E-state index in [1.54, 1.807) is 0 Å². The third-order valence-corrected chi connectivity index (χ3v) is 2.51. The Bertz CT molecular complexity index is 564. The fourth-order valence-corrected chi connectivity index (χ4v) is 1.74. The Morgan fingerprint density at radius 2 is 2.16 bits per heavy atom. The van der Waals surface area contributed by atoms with Gasteiger partial charge in [-0.15, -0.1) is 0 Å². The van der Waals surface area contributed by atoms with E-state index >= 15 is 0 Å². The molecule has 0 aromatic carbocycles. The molecule has 0 aliphatic carbocycles. The minimum atomic E-state index is -0.190. The number of anilines is 1. The monoisotopic (exact) mass is 262 g/mol. The van der Waals surface area contributed by atoms with E-state index in [2.05, 4.69) is 20.5 Å². The third kappa shape index (κ3) is 3.18. The Hall–Kier alpha value is -2.18. The molecule has 2 heterocycles. The molecule has 1 N–H and O–H groups in total. The average Bonchev–Trinajstić information content (AvgIpc) is 2.87. The van der Waals surface area contributed by atoms with Crippen molar-refractivity contribution in [2.45, 2.75) is 39.8 Å². The van der Waals surface area contributed by atoms with Gasteiger partial charge in [0.05, 0.1) is 11.2 Å². The molecule has 2 aromatic heterocycles. The lowest BCUT2D eigenvalue weighted by atomic mass is 10.1. The van der Waals surface area contributed by atoms with Crippen LogP contribution in [0.15, 0.2) is 18.7 Å². The second-order valence-electron chi connectivity index (χ2n) is 5.39. The molecule has 2 rings (SSSR count). The highest BCUT2D eigenvalue weighted by atomic mass is 16.2. The SMILES string of the molecule is Cc1cc(NC(=O)Cn2cncn2)n(C(C)(C)C)n1. The van der Waals surface area contributed by atoms with Crippen molar-refractivity contribution in [3.63, 3.8) is 0 Å². The summed E-state index contributed by atoms with van der Waals surface area (Å²) >= 11 is 0. The van der Waals surface area contributed by atoms with E-state index in [4.69, 9.17) is 0 Å². The summed E-state index contributed by atoms with van der Waals surface area (Å²) in [4.78, 5) is 15.7. The Balaban J connectivity index is 2.13. The first-order chi connectivity index (χ1) is 8.86. The van der Waals surface area contributed by atoms with Gasteiger partial charge in [0.2, 0.25) is 5.91 Å². The summed E-state index contributed by atoms with van der Waals surface area (Å²) in [7, 11) is 0. The molecule has 1 amide bonds. The lowest BCUT2D eigenvalue weighted by Gasteiger charge is -2.22. The molecule has 0 aliphatic rings. The fraction of sp³-hybridized carbons (Fsp3) is 0.500. The van der Waals surface area contributed by atoms with Crippen LogP contribution in [0.3, 0.4) is 0 Å². The van der Waals surface area contributed by atoms with E-state index in [-0.39, 0.29) is 18.0 Å². The van der Waals surface area contributed by atoms with Gasteiger partial charge >= 0.3 is 0 Å². The predicted molar refractivity (Wildman–Crippen MR) is 70.6 cm³/mol. The lowest BCUT2D eigenvalue weighted by Crippen LogP contribution is -2.28. The minimum Gasteiger partial charge on any atom is -0.309 e. The summed E-state index contributed by atoms with van der Waals surface area (Å²) < 4.78 is 3.28. The first kappa shape index (κ1) is 13.3. The molecule has 19 heavy (non-hydrogen) atoms. The smallest absolute Gasteiger partial charge is 0.247 e. The number of amides is 1. The quantitative estimate of drug-likeness (QED) is 0.901. The Labute approximate surface area is 111 Å². The second-order valence-corrected chi connectivity index (χ2v) is 5.39. The van der Waals surface area contributed by atoms with Crippen LogP contribution in [0.1, 0.15) is 26.5 Å². The largest absolute Gasteiger partial charge is 0.309 e. The molecule has 0 fully saturated rings. The number of nitrogens with zero attached hydrogens (tertiary/aromatic N) is 5. The number of carbonyl (C=O) groups is 1. The van der Waals surface area contributed by atoms with Crippen LogP contribution in [-0.4, -0.2) is 30.5 Å². The summed E-state index contributed by atoms with van der Waals surface area (Å²) in [5.41, 5.74) is 0.676. The van der Waals surface area contributed by atoms with Gasteiger partial charge in [-0.1, -0.05) is 0 Å². The number of hydrogen-bond acceptors (Lipinski definition) is 4. The summed E-state index contributed by atoms with van der Waals surface area (Å²) in [6, 6.07) is 1.85. The number of aryl methyl sites for hydroxylation is 1. The van der Waals surface area contributed by atoms with Gasteiger partial charge in [-0.3, -0.25) is 4.79 Å². The highest BCUT2D eigenvalue weighted by Crippen LogP contribution is 2.21. The molecule has 0 bridgehead atoms. The molecular formula is C12H18N6O.